The van der Waals surface area contributed by atoms with Gasteiger partial charge in [-0.2, -0.15) is 0 Å². The van der Waals surface area contributed by atoms with Gasteiger partial charge in [0.25, 0.3) is 5.91 Å². The first-order valence-electron chi connectivity index (χ1n) is 9.38. The van der Waals surface area contributed by atoms with E-state index in [1.165, 1.54) is 13.2 Å². The minimum Gasteiger partial charge on any atom is -0.507 e. The molecule has 1 saturated heterocycles. The number of phenols is 1. The predicted molar refractivity (Wildman–Crippen MR) is 104 cm³/mol. The molecule has 0 radical (unpaired) electrons. The highest BCUT2D eigenvalue weighted by Gasteiger charge is 2.28. The normalized spacial score (nSPS) is 16.4. The molecule has 0 unspecified atom stereocenters. The number of ether oxygens (including phenoxy) is 1. The number of esters is 1. The molecule has 5 heteroatoms. The third-order valence-electron chi connectivity index (χ3n) is 5.12. The van der Waals surface area contributed by atoms with Crippen LogP contribution in [-0.2, 0) is 4.74 Å². The summed E-state index contributed by atoms with van der Waals surface area (Å²) >= 11 is 0. The number of hydrogen-bond donors (Lipinski definition) is 1. The zero-order valence-corrected chi connectivity index (χ0v) is 15.8. The molecule has 5 nitrogen and oxygen atoms in total. The summed E-state index contributed by atoms with van der Waals surface area (Å²) in [4.78, 5) is 26.4. The molecule has 0 saturated carbocycles. The average Bonchev–Trinajstić information content (AvgIpc) is 3.15. The fourth-order valence-electron chi connectivity index (χ4n) is 3.72. The summed E-state index contributed by atoms with van der Waals surface area (Å²) in [5.41, 5.74) is 2.34. The van der Waals surface area contributed by atoms with Crippen LogP contribution in [-0.4, -0.2) is 41.6 Å². The number of benzene rings is 2. The number of carbonyl (C=O) groups is 2. The van der Waals surface area contributed by atoms with Gasteiger partial charge in [0, 0.05) is 23.7 Å². The topological polar surface area (TPSA) is 66.8 Å². The molecular formula is C22H25NO4. The van der Waals surface area contributed by atoms with Crippen molar-refractivity contribution in [3.8, 4) is 16.9 Å². The second kappa shape index (κ2) is 8.25. The lowest BCUT2D eigenvalue weighted by Gasteiger charge is -2.24. The van der Waals surface area contributed by atoms with E-state index < -0.39 is 5.97 Å². The van der Waals surface area contributed by atoms with Gasteiger partial charge in [0.1, 0.15) is 5.75 Å². The van der Waals surface area contributed by atoms with E-state index in [9.17, 15) is 14.7 Å². The Labute approximate surface area is 159 Å². The van der Waals surface area contributed by atoms with E-state index in [4.69, 9.17) is 0 Å². The number of methoxy groups -OCH3 is 1. The fourth-order valence-corrected chi connectivity index (χ4v) is 3.72. The number of aromatic hydroxyl groups is 1. The van der Waals surface area contributed by atoms with Crippen molar-refractivity contribution in [3.63, 3.8) is 0 Å². The average molecular weight is 367 g/mol. The van der Waals surface area contributed by atoms with Crippen LogP contribution in [0.3, 0.4) is 0 Å². The summed E-state index contributed by atoms with van der Waals surface area (Å²) in [7, 11) is 1.30. The van der Waals surface area contributed by atoms with Gasteiger partial charge in [-0.05, 0) is 55.2 Å². The molecule has 1 heterocycles. The first kappa shape index (κ1) is 19.0. The van der Waals surface area contributed by atoms with Crippen LogP contribution in [0.2, 0.25) is 0 Å². The van der Waals surface area contributed by atoms with Crippen molar-refractivity contribution in [3.05, 3.63) is 53.6 Å². The minimum atomic E-state index is -0.495. The molecule has 0 aromatic heterocycles. The van der Waals surface area contributed by atoms with E-state index in [0.717, 1.165) is 37.8 Å². The third-order valence-corrected chi connectivity index (χ3v) is 5.12. The molecule has 0 aliphatic carbocycles. The van der Waals surface area contributed by atoms with Gasteiger partial charge < -0.3 is 14.7 Å². The minimum absolute atomic E-state index is 0.000436. The summed E-state index contributed by atoms with van der Waals surface area (Å²) < 4.78 is 4.66. The van der Waals surface area contributed by atoms with Gasteiger partial charge in [-0.3, -0.25) is 4.79 Å². The van der Waals surface area contributed by atoms with Gasteiger partial charge in [0.15, 0.2) is 0 Å². The number of likely N-dealkylation sites (tertiary alicyclic amines) is 1. The van der Waals surface area contributed by atoms with Crippen molar-refractivity contribution in [2.24, 2.45) is 0 Å². The maximum Gasteiger partial charge on any atom is 0.337 e. The number of nitrogens with zero attached hydrogens (tertiary/aromatic N) is 1. The van der Waals surface area contributed by atoms with Crippen molar-refractivity contribution >= 4 is 11.9 Å². The highest BCUT2D eigenvalue weighted by Crippen LogP contribution is 2.31. The second-order valence-electron chi connectivity index (χ2n) is 6.88. The highest BCUT2D eigenvalue weighted by molar-refractivity contribution is 5.95. The molecule has 0 spiro atoms. The monoisotopic (exact) mass is 367 g/mol. The number of amides is 1. The summed E-state index contributed by atoms with van der Waals surface area (Å²) in [5.74, 6) is -0.424. The van der Waals surface area contributed by atoms with Gasteiger partial charge in [0.2, 0.25) is 0 Å². The highest BCUT2D eigenvalue weighted by atomic mass is 16.5. The Morgan fingerprint density at radius 2 is 1.85 bits per heavy atom. The van der Waals surface area contributed by atoms with Crippen LogP contribution < -0.4 is 0 Å². The Balaban J connectivity index is 1.79. The van der Waals surface area contributed by atoms with Gasteiger partial charge in [0.05, 0.1) is 12.7 Å². The Kier molecular flexibility index (Phi) is 5.79. The van der Waals surface area contributed by atoms with Crippen molar-refractivity contribution in [2.45, 2.75) is 38.6 Å². The zero-order valence-electron chi connectivity index (χ0n) is 15.8. The summed E-state index contributed by atoms with van der Waals surface area (Å²) in [5, 5.41) is 10.3. The second-order valence-corrected chi connectivity index (χ2v) is 6.88. The lowest BCUT2D eigenvalue weighted by atomic mass is 10.0. The molecular weight excluding hydrogens is 342 g/mol. The van der Waals surface area contributed by atoms with Crippen LogP contribution in [0.1, 0.15) is 53.3 Å². The fraction of sp³-hybridized carbons (Fsp3) is 0.364. The van der Waals surface area contributed by atoms with Crippen LogP contribution in [0, 0.1) is 0 Å². The predicted octanol–water partition coefficient (Wildman–Crippen LogP) is 4.25. The number of rotatable bonds is 5. The van der Waals surface area contributed by atoms with Crippen molar-refractivity contribution in [1.82, 2.24) is 4.90 Å². The third kappa shape index (κ3) is 3.97. The van der Waals surface area contributed by atoms with Crippen LogP contribution in [0.25, 0.3) is 11.1 Å². The number of hydrogen-bond acceptors (Lipinski definition) is 4. The molecule has 1 fully saturated rings. The number of phenolic OH excluding ortho intramolecular Hbond substituents is 1. The molecule has 0 bridgehead atoms. The van der Waals surface area contributed by atoms with Crippen molar-refractivity contribution in [1.29, 1.82) is 0 Å². The first-order chi connectivity index (χ1) is 13.0. The van der Waals surface area contributed by atoms with E-state index in [1.54, 1.807) is 24.3 Å². The quantitative estimate of drug-likeness (QED) is 0.802. The molecule has 1 N–H and O–H groups in total. The molecule has 1 aliphatic rings. The summed E-state index contributed by atoms with van der Waals surface area (Å²) in [6.45, 7) is 2.97. The molecule has 142 valence electrons. The molecule has 2 aromatic carbocycles. The van der Waals surface area contributed by atoms with Gasteiger partial charge in [-0.1, -0.05) is 25.5 Å². The van der Waals surface area contributed by atoms with Gasteiger partial charge >= 0.3 is 5.97 Å². The maximum absolute atomic E-state index is 12.8. The molecule has 1 aliphatic heterocycles. The zero-order chi connectivity index (χ0) is 19.4. The van der Waals surface area contributed by atoms with E-state index in [1.807, 2.05) is 17.0 Å². The van der Waals surface area contributed by atoms with E-state index in [0.29, 0.717) is 22.7 Å². The van der Waals surface area contributed by atoms with Crippen LogP contribution in [0.15, 0.2) is 42.5 Å². The number of carbonyl (C=O) groups excluding carboxylic acids is 2. The van der Waals surface area contributed by atoms with Crippen LogP contribution in [0.5, 0.6) is 5.75 Å². The van der Waals surface area contributed by atoms with Gasteiger partial charge in [-0.15, -0.1) is 0 Å². The standard InChI is InChI=1S/C22H25NO4/c1-3-5-18-6-4-13-23(18)21(25)16-9-7-15(8-10-16)19-12-11-17(14-20(19)24)22(26)27-2/h7-12,14,18,24H,3-6,13H2,1-2H3/t18-/m1/s1. The lowest BCUT2D eigenvalue weighted by Crippen LogP contribution is -2.35. The lowest BCUT2D eigenvalue weighted by molar-refractivity contribution is 0.0600. The van der Waals surface area contributed by atoms with E-state index >= 15 is 0 Å². The summed E-state index contributed by atoms with van der Waals surface area (Å²) in [6.07, 6.45) is 4.27. The first-order valence-corrected chi connectivity index (χ1v) is 9.38. The molecule has 2 aromatic rings. The Morgan fingerprint density at radius 3 is 2.48 bits per heavy atom. The van der Waals surface area contributed by atoms with Crippen LogP contribution >= 0.6 is 0 Å². The van der Waals surface area contributed by atoms with Crippen molar-refractivity contribution in [2.75, 3.05) is 13.7 Å². The maximum atomic E-state index is 12.8. The van der Waals surface area contributed by atoms with Gasteiger partial charge in [-0.25, -0.2) is 4.79 Å². The summed E-state index contributed by atoms with van der Waals surface area (Å²) in [6, 6.07) is 12.3. The van der Waals surface area contributed by atoms with E-state index in [2.05, 4.69) is 11.7 Å². The van der Waals surface area contributed by atoms with Crippen LogP contribution in [0.4, 0.5) is 0 Å². The largest absolute Gasteiger partial charge is 0.507 e. The molecule has 1 amide bonds. The SMILES string of the molecule is CCC[C@@H]1CCCN1C(=O)c1ccc(-c2ccc(C(=O)OC)cc2O)cc1. The van der Waals surface area contributed by atoms with E-state index in [-0.39, 0.29) is 11.7 Å². The molecule has 1 atom stereocenters. The Bertz CT molecular complexity index is 829. The molecule has 3 rings (SSSR count). The smallest absolute Gasteiger partial charge is 0.337 e. The Hall–Kier alpha value is -2.82. The molecule has 27 heavy (non-hydrogen) atoms. The Morgan fingerprint density at radius 1 is 1.15 bits per heavy atom. The van der Waals surface area contributed by atoms with Crippen molar-refractivity contribution < 1.29 is 19.4 Å².